The summed E-state index contributed by atoms with van der Waals surface area (Å²) in [4.78, 5) is 14.5. The molecule has 0 saturated carbocycles. The van der Waals surface area contributed by atoms with Crippen LogP contribution in [0.2, 0.25) is 0 Å². The SMILES string of the molecule is COc1cccc(C(C)CC(=O)N2CC(C)NC(C)C2)c1.Cl. The van der Waals surface area contributed by atoms with Crippen LogP contribution in [0.4, 0.5) is 0 Å². The molecule has 1 heterocycles. The van der Waals surface area contributed by atoms with Gasteiger partial charge in [0.2, 0.25) is 5.91 Å². The van der Waals surface area contributed by atoms with Gasteiger partial charge < -0.3 is 15.0 Å². The fourth-order valence-electron chi connectivity index (χ4n) is 2.99. The van der Waals surface area contributed by atoms with Crippen molar-refractivity contribution < 1.29 is 9.53 Å². The predicted molar refractivity (Wildman–Crippen MR) is 91.9 cm³/mol. The van der Waals surface area contributed by atoms with E-state index in [1.807, 2.05) is 23.1 Å². The van der Waals surface area contributed by atoms with E-state index < -0.39 is 0 Å². The van der Waals surface area contributed by atoms with E-state index in [9.17, 15) is 4.79 Å². The van der Waals surface area contributed by atoms with Crippen LogP contribution >= 0.6 is 12.4 Å². The summed E-state index contributed by atoms with van der Waals surface area (Å²) in [5.74, 6) is 1.29. The Balaban J connectivity index is 0.00000242. The van der Waals surface area contributed by atoms with Gasteiger partial charge in [0.25, 0.3) is 0 Å². The minimum atomic E-state index is 0. The zero-order valence-electron chi connectivity index (χ0n) is 13.8. The van der Waals surface area contributed by atoms with Gasteiger partial charge >= 0.3 is 0 Å². The average Bonchev–Trinajstić information content (AvgIpc) is 2.46. The topological polar surface area (TPSA) is 41.6 Å². The molecular weight excluding hydrogens is 300 g/mol. The summed E-state index contributed by atoms with van der Waals surface area (Å²) in [6.45, 7) is 7.95. The number of halogens is 1. The van der Waals surface area contributed by atoms with Crippen molar-refractivity contribution in [3.8, 4) is 5.75 Å². The highest BCUT2D eigenvalue weighted by Gasteiger charge is 2.25. The number of nitrogens with zero attached hydrogens (tertiary/aromatic N) is 1. The van der Waals surface area contributed by atoms with Crippen LogP contribution in [0, 0.1) is 0 Å². The summed E-state index contributed by atoms with van der Waals surface area (Å²) < 4.78 is 5.25. The molecule has 124 valence electrons. The van der Waals surface area contributed by atoms with Gasteiger partial charge in [0.15, 0.2) is 0 Å². The molecule has 5 heteroatoms. The zero-order chi connectivity index (χ0) is 15.4. The number of nitrogens with one attached hydrogen (secondary N) is 1. The predicted octanol–water partition coefficient (Wildman–Crippen LogP) is 2.82. The van der Waals surface area contributed by atoms with Gasteiger partial charge in [-0.15, -0.1) is 12.4 Å². The molecule has 1 aliphatic heterocycles. The molecule has 1 aliphatic rings. The third-order valence-corrected chi connectivity index (χ3v) is 4.05. The normalized spacial score (nSPS) is 22.6. The maximum Gasteiger partial charge on any atom is 0.223 e. The lowest BCUT2D eigenvalue weighted by molar-refractivity contribution is -0.133. The molecule has 0 bridgehead atoms. The summed E-state index contributed by atoms with van der Waals surface area (Å²) in [5.41, 5.74) is 1.15. The summed E-state index contributed by atoms with van der Waals surface area (Å²) in [7, 11) is 1.67. The molecule has 0 spiro atoms. The Morgan fingerprint density at radius 1 is 1.36 bits per heavy atom. The highest BCUT2D eigenvalue weighted by atomic mass is 35.5. The molecule has 1 saturated heterocycles. The number of carbonyl (C=O) groups is 1. The number of benzene rings is 1. The third-order valence-electron chi connectivity index (χ3n) is 4.05. The molecule has 1 N–H and O–H groups in total. The molecule has 3 unspecified atom stereocenters. The maximum absolute atomic E-state index is 12.5. The van der Waals surface area contributed by atoms with Crippen LogP contribution in [0.1, 0.15) is 38.7 Å². The fourth-order valence-corrected chi connectivity index (χ4v) is 2.99. The number of rotatable bonds is 4. The molecule has 4 nitrogen and oxygen atoms in total. The number of amides is 1. The van der Waals surface area contributed by atoms with Gasteiger partial charge in [-0.3, -0.25) is 4.79 Å². The van der Waals surface area contributed by atoms with Crippen LogP contribution in [0.3, 0.4) is 0 Å². The Hall–Kier alpha value is -1.26. The molecule has 1 amide bonds. The highest BCUT2D eigenvalue weighted by molar-refractivity contribution is 5.85. The molecule has 0 aromatic heterocycles. The second-order valence-electron chi connectivity index (χ2n) is 6.15. The van der Waals surface area contributed by atoms with Crippen molar-refractivity contribution in [2.45, 2.75) is 45.2 Å². The zero-order valence-corrected chi connectivity index (χ0v) is 14.7. The Morgan fingerprint density at radius 3 is 2.59 bits per heavy atom. The molecule has 3 atom stereocenters. The first kappa shape index (κ1) is 18.8. The van der Waals surface area contributed by atoms with Crippen LogP contribution in [-0.4, -0.2) is 43.1 Å². The third kappa shape index (κ3) is 4.89. The van der Waals surface area contributed by atoms with Crippen molar-refractivity contribution >= 4 is 18.3 Å². The maximum atomic E-state index is 12.5. The second-order valence-corrected chi connectivity index (χ2v) is 6.15. The van der Waals surface area contributed by atoms with Crippen LogP contribution in [0.15, 0.2) is 24.3 Å². The molecule has 1 aromatic carbocycles. The summed E-state index contributed by atoms with van der Waals surface area (Å²) in [6.07, 6.45) is 0.548. The van der Waals surface area contributed by atoms with Crippen molar-refractivity contribution in [1.29, 1.82) is 0 Å². The lowest BCUT2D eigenvalue weighted by atomic mass is 9.96. The molecule has 22 heavy (non-hydrogen) atoms. The van der Waals surface area contributed by atoms with Crippen LogP contribution in [-0.2, 0) is 4.79 Å². The standard InChI is InChI=1S/C17H26N2O2.ClH/c1-12(15-6-5-7-16(9-15)21-4)8-17(20)19-10-13(2)18-14(3)11-19;/h5-7,9,12-14,18H,8,10-11H2,1-4H3;1H. The summed E-state index contributed by atoms with van der Waals surface area (Å²) in [6, 6.07) is 8.71. The fraction of sp³-hybridized carbons (Fsp3) is 0.588. The van der Waals surface area contributed by atoms with Gasteiger partial charge in [-0.2, -0.15) is 0 Å². The quantitative estimate of drug-likeness (QED) is 0.925. The van der Waals surface area contributed by atoms with E-state index in [0.717, 1.165) is 24.4 Å². The van der Waals surface area contributed by atoms with E-state index in [0.29, 0.717) is 18.5 Å². The first-order valence-electron chi connectivity index (χ1n) is 7.67. The lowest BCUT2D eigenvalue weighted by Crippen LogP contribution is -2.55. The van der Waals surface area contributed by atoms with Gasteiger partial charge in [-0.05, 0) is 37.5 Å². The number of hydrogen-bond acceptors (Lipinski definition) is 3. The molecule has 0 aliphatic carbocycles. The largest absolute Gasteiger partial charge is 0.497 e. The van der Waals surface area contributed by atoms with Gasteiger partial charge in [0.1, 0.15) is 5.75 Å². The molecule has 0 radical (unpaired) electrons. The van der Waals surface area contributed by atoms with Crippen molar-refractivity contribution in [3.63, 3.8) is 0 Å². The number of piperazine rings is 1. The van der Waals surface area contributed by atoms with Crippen molar-refractivity contribution in [2.75, 3.05) is 20.2 Å². The van der Waals surface area contributed by atoms with Crippen molar-refractivity contribution in [2.24, 2.45) is 0 Å². The highest BCUT2D eigenvalue weighted by Crippen LogP contribution is 2.24. The van der Waals surface area contributed by atoms with E-state index in [1.165, 1.54) is 0 Å². The number of ether oxygens (including phenoxy) is 1. The monoisotopic (exact) mass is 326 g/mol. The van der Waals surface area contributed by atoms with Crippen LogP contribution in [0.25, 0.3) is 0 Å². The summed E-state index contributed by atoms with van der Waals surface area (Å²) in [5, 5.41) is 3.45. The average molecular weight is 327 g/mol. The smallest absolute Gasteiger partial charge is 0.223 e. The van der Waals surface area contributed by atoms with E-state index in [1.54, 1.807) is 7.11 Å². The Morgan fingerprint density at radius 2 is 2.00 bits per heavy atom. The van der Waals surface area contributed by atoms with Gasteiger partial charge in [0.05, 0.1) is 7.11 Å². The Kier molecular flexibility index (Phi) is 7.17. The number of carbonyl (C=O) groups excluding carboxylic acids is 1. The van der Waals surface area contributed by atoms with E-state index in [-0.39, 0.29) is 24.2 Å². The van der Waals surface area contributed by atoms with Gasteiger partial charge in [-0.25, -0.2) is 0 Å². The lowest BCUT2D eigenvalue weighted by Gasteiger charge is -2.36. The molecule has 2 rings (SSSR count). The first-order valence-corrected chi connectivity index (χ1v) is 7.67. The second kappa shape index (κ2) is 8.39. The first-order chi connectivity index (χ1) is 9.99. The minimum Gasteiger partial charge on any atom is -0.497 e. The Bertz CT molecular complexity index is 485. The van der Waals surface area contributed by atoms with E-state index in [4.69, 9.17) is 4.74 Å². The molecule has 1 fully saturated rings. The minimum absolute atomic E-state index is 0. The van der Waals surface area contributed by atoms with Gasteiger partial charge in [0, 0.05) is 31.6 Å². The number of hydrogen-bond donors (Lipinski definition) is 1. The van der Waals surface area contributed by atoms with Crippen LogP contribution in [0.5, 0.6) is 5.75 Å². The van der Waals surface area contributed by atoms with Crippen LogP contribution < -0.4 is 10.1 Å². The van der Waals surface area contributed by atoms with E-state index in [2.05, 4.69) is 32.2 Å². The summed E-state index contributed by atoms with van der Waals surface area (Å²) >= 11 is 0. The van der Waals surface area contributed by atoms with Gasteiger partial charge in [-0.1, -0.05) is 19.1 Å². The molecule has 1 aromatic rings. The van der Waals surface area contributed by atoms with Crippen molar-refractivity contribution in [3.05, 3.63) is 29.8 Å². The number of methoxy groups -OCH3 is 1. The Labute approximate surface area is 139 Å². The molecular formula is C17H27ClN2O2. The van der Waals surface area contributed by atoms with E-state index >= 15 is 0 Å². The van der Waals surface area contributed by atoms with Crippen molar-refractivity contribution in [1.82, 2.24) is 10.2 Å².